The second-order valence-electron chi connectivity index (χ2n) is 3.49. The van der Waals surface area contributed by atoms with Gasteiger partial charge in [0.15, 0.2) is 0 Å². The molecule has 0 bridgehead atoms. The predicted octanol–water partition coefficient (Wildman–Crippen LogP) is 1.82. The van der Waals surface area contributed by atoms with Crippen molar-refractivity contribution in [1.29, 1.82) is 0 Å². The lowest BCUT2D eigenvalue weighted by Gasteiger charge is -2.13. The summed E-state index contributed by atoms with van der Waals surface area (Å²) >= 11 is 0. The van der Waals surface area contributed by atoms with E-state index in [0.29, 0.717) is 11.1 Å². The number of nitrogens with zero attached hydrogens (tertiary/aromatic N) is 1. The first kappa shape index (κ1) is 11.3. The minimum atomic E-state index is -0.568. The second-order valence-corrected chi connectivity index (χ2v) is 3.49. The number of terminal acetylenes is 1. The number of aryl methyl sites for hydroxylation is 1. The van der Waals surface area contributed by atoms with Gasteiger partial charge in [-0.15, -0.1) is 6.42 Å². The maximum absolute atomic E-state index is 13.6. The Balaban J connectivity index is 3.33. The third-order valence-corrected chi connectivity index (χ3v) is 2.07. The molecule has 78 valence electrons. The highest BCUT2D eigenvalue weighted by Crippen LogP contribution is 2.16. The number of rotatable bonds is 1. The van der Waals surface area contributed by atoms with Gasteiger partial charge in [-0.3, -0.25) is 4.79 Å². The number of benzene rings is 1. The second kappa shape index (κ2) is 4.14. The van der Waals surface area contributed by atoms with Crippen LogP contribution in [-0.4, -0.2) is 24.9 Å². The predicted molar refractivity (Wildman–Crippen MR) is 57.1 cm³/mol. The van der Waals surface area contributed by atoms with Gasteiger partial charge in [0.2, 0.25) is 0 Å². The van der Waals surface area contributed by atoms with Crippen LogP contribution < -0.4 is 0 Å². The van der Waals surface area contributed by atoms with Crippen molar-refractivity contribution in [2.75, 3.05) is 14.1 Å². The number of hydrogen-bond acceptors (Lipinski definition) is 1. The molecule has 0 aliphatic rings. The van der Waals surface area contributed by atoms with E-state index in [1.165, 1.54) is 11.0 Å². The third kappa shape index (κ3) is 2.16. The minimum Gasteiger partial charge on any atom is -0.345 e. The van der Waals surface area contributed by atoms with Crippen molar-refractivity contribution in [2.45, 2.75) is 6.92 Å². The van der Waals surface area contributed by atoms with E-state index in [2.05, 4.69) is 5.92 Å². The van der Waals surface area contributed by atoms with Crippen LogP contribution in [-0.2, 0) is 0 Å². The zero-order chi connectivity index (χ0) is 11.6. The maximum atomic E-state index is 13.6. The van der Waals surface area contributed by atoms with E-state index < -0.39 is 5.82 Å². The van der Waals surface area contributed by atoms with Gasteiger partial charge in [0.05, 0.1) is 5.56 Å². The first-order chi connectivity index (χ1) is 6.97. The normalized spacial score (nSPS) is 9.53. The monoisotopic (exact) mass is 205 g/mol. The van der Waals surface area contributed by atoms with Gasteiger partial charge in [0.1, 0.15) is 5.82 Å². The van der Waals surface area contributed by atoms with E-state index in [-0.39, 0.29) is 11.5 Å². The molecule has 1 amide bonds. The quantitative estimate of drug-likeness (QED) is 0.640. The van der Waals surface area contributed by atoms with Gasteiger partial charge in [0.25, 0.3) is 5.91 Å². The molecule has 1 aromatic rings. The Morgan fingerprint density at radius 2 is 2.07 bits per heavy atom. The molecule has 0 atom stereocenters. The van der Waals surface area contributed by atoms with E-state index in [0.717, 1.165) is 0 Å². The molecule has 3 heteroatoms. The molecule has 0 unspecified atom stereocenters. The molecule has 15 heavy (non-hydrogen) atoms. The molecule has 0 aliphatic carbocycles. The Bertz CT molecular complexity index is 420. The van der Waals surface area contributed by atoms with Crippen molar-refractivity contribution in [3.05, 3.63) is 34.6 Å². The summed E-state index contributed by atoms with van der Waals surface area (Å²) in [6.07, 6.45) is 5.16. The highest BCUT2D eigenvalue weighted by molar-refractivity contribution is 5.95. The summed E-state index contributed by atoms with van der Waals surface area (Å²) in [5, 5.41) is 0. The number of amides is 1. The van der Waals surface area contributed by atoms with Crippen LogP contribution in [0.3, 0.4) is 0 Å². The molecule has 0 saturated carbocycles. The molecule has 0 spiro atoms. The zero-order valence-corrected chi connectivity index (χ0v) is 8.97. The molecular formula is C12H12FNO. The number of hydrogen-bond donors (Lipinski definition) is 0. The summed E-state index contributed by atoms with van der Waals surface area (Å²) < 4.78 is 13.6. The highest BCUT2D eigenvalue weighted by Gasteiger charge is 2.16. The van der Waals surface area contributed by atoms with Gasteiger partial charge in [0, 0.05) is 19.7 Å². The fourth-order valence-electron chi connectivity index (χ4n) is 1.32. The standard InChI is InChI=1S/C12H12FNO/c1-5-9-6-8(2)11(10(13)7-9)12(15)14(3)4/h1,6-7H,2-4H3. The molecule has 1 aromatic carbocycles. The van der Waals surface area contributed by atoms with Crippen LogP contribution in [0, 0.1) is 25.1 Å². The van der Waals surface area contributed by atoms with Gasteiger partial charge < -0.3 is 4.90 Å². The zero-order valence-electron chi connectivity index (χ0n) is 8.97. The fraction of sp³-hybridized carbons (Fsp3) is 0.250. The summed E-state index contributed by atoms with van der Waals surface area (Å²) in [5.41, 5.74) is 1.08. The fourth-order valence-corrected chi connectivity index (χ4v) is 1.32. The number of carbonyl (C=O) groups is 1. The van der Waals surface area contributed by atoms with Crippen LogP contribution in [0.1, 0.15) is 21.5 Å². The van der Waals surface area contributed by atoms with E-state index in [9.17, 15) is 9.18 Å². The Labute approximate surface area is 88.7 Å². The maximum Gasteiger partial charge on any atom is 0.256 e. The molecule has 0 aliphatic heterocycles. The number of halogens is 1. The van der Waals surface area contributed by atoms with Gasteiger partial charge in [-0.2, -0.15) is 0 Å². The van der Waals surface area contributed by atoms with Gasteiger partial charge in [-0.05, 0) is 24.6 Å². The van der Waals surface area contributed by atoms with Crippen LogP contribution in [0.25, 0.3) is 0 Å². The lowest BCUT2D eigenvalue weighted by Crippen LogP contribution is -2.23. The molecule has 0 aromatic heterocycles. The van der Waals surface area contributed by atoms with Crippen molar-refractivity contribution in [1.82, 2.24) is 4.90 Å². The molecule has 0 heterocycles. The average molecular weight is 205 g/mol. The number of carbonyl (C=O) groups excluding carboxylic acids is 1. The molecule has 1 rings (SSSR count). The Kier molecular flexibility index (Phi) is 3.11. The molecule has 0 radical (unpaired) electrons. The van der Waals surface area contributed by atoms with E-state index in [1.807, 2.05) is 0 Å². The van der Waals surface area contributed by atoms with Gasteiger partial charge in [-0.25, -0.2) is 4.39 Å². The average Bonchev–Trinajstić information content (AvgIpc) is 2.16. The van der Waals surface area contributed by atoms with E-state index in [1.54, 1.807) is 27.1 Å². The van der Waals surface area contributed by atoms with Crippen molar-refractivity contribution < 1.29 is 9.18 Å². The lowest BCUT2D eigenvalue weighted by atomic mass is 10.0. The van der Waals surface area contributed by atoms with Gasteiger partial charge >= 0.3 is 0 Å². The van der Waals surface area contributed by atoms with E-state index >= 15 is 0 Å². The van der Waals surface area contributed by atoms with Crippen molar-refractivity contribution in [2.24, 2.45) is 0 Å². The van der Waals surface area contributed by atoms with Crippen molar-refractivity contribution >= 4 is 5.91 Å². The van der Waals surface area contributed by atoms with Crippen LogP contribution in [0.15, 0.2) is 12.1 Å². The SMILES string of the molecule is C#Cc1cc(C)c(C(=O)N(C)C)c(F)c1. The Hall–Kier alpha value is -1.82. The molecule has 0 saturated heterocycles. The van der Waals surface area contributed by atoms with Crippen LogP contribution in [0.4, 0.5) is 4.39 Å². The molecule has 2 nitrogen and oxygen atoms in total. The summed E-state index contributed by atoms with van der Waals surface area (Å²) in [6, 6.07) is 2.82. The van der Waals surface area contributed by atoms with Gasteiger partial charge in [-0.1, -0.05) is 5.92 Å². The van der Waals surface area contributed by atoms with Crippen molar-refractivity contribution in [3.63, 3.8) is 0 Å². The highest BCUT2D eigenvalue weighted by atomic mass is 19.1. The first-order valence-corrected chi connectivity index (χ1v) is 4.45. The lowest BCUT2D eigenvalue weighted by molar-refractivity contribution is 0.0822. The molecule has 0 N–H and O–H groups in total. The smallest absolute Gasteiger partial charge is 0.256 e. The Morgan fingerprint density at radius 1 is 1.47 bits per heavy atom. The minimum absolute atomic E-state index is 0.0824. The summed E-state index contributed by atoms with van der Waals surface area (Å²) in [5.74, 6) is 1.42. The Morgan fingerprint density at radius 3 is 2.47 bits per heavy atom. The van der Waals surface area contributed by atoms with Crippen molar-refractivity contribution in [3.8, 4) is 12.3 Å². The molecule has 0 fully saturated rings. The topological polar surface area (TPSA) is 20.3 Å². The van der Waals surface area contributed by atoms with E-state index in [4.69, 9.17) is 6.42 Å². The third-order valence-electron chi connectivity index (χ3n) is 2.07. The van der Waals surface area contributed by atoms with Crippen LogP contribution in [0.2, 0.25) is 0 Å². The summed E-state index contributed by atoms with van der Waals surface area (Å²) in [6.45, 7) is 1.67. The largest absolute Gasteiger partial charge is 0.345 e. The van der Waals surface area contributed by atoms with Crippen LogP contribution >= 0.6 is 0 Å². The summed E-state index contributed by atoms with van der Waals surface area (Å²) in [7, 11) is 3.16. The van der Waals surface area contributed by atoms with Crippen LogP contribution in [0.5, 0.6) is 0 Å². The molecular weight excluding hydrogens is 193 g/mol. The first-order valence-electron chi connectivity index (χ1n) is 4.45. The summed E-state index contributed by atoms with van der Waals surface area (Å²) in [4.78, 5) is 13.0.